The Kier molecular flexibility index (Phi) is 7.29. The van der Waals surface area contributed by atoms with E-state index < -0.39 is 18.6 Å². The molecular formula is C19H26F3N3O3. The van der Waals surface area contributed by atoms with Gasteiger partial charge in [-0.1, -0.05) is 6.07 Å². The molecular weight excluding hydrogens is 375 g/mol. The molecule has 9 heteroatoms. The first-order valence-corrected chi connectivity index (χ1v) is 9.08. The standard InChI is InChI=1S/C19H26F3N3O3/c1-13-5-6-16(28-3)15(9-13)25-11-14(10-17(25)26)18(27)23-7-4-8-24(2)12-19(20,21)22/h5-6,9,14H,4,7-8,10-12H2,1-3H3,(H,23,27). The molecule has 2 amide bonds. The lowest BCUT2D eigenvalue weighted by molar-refractivity contribution is -0.143. The average Bonchev–Trinajstić information content (AvgIpc) is 2.98. The molecule has 1 N–H and O–H groups in total. The Bertz CT molecular complexity index is 709. The van der Waals surface area contributed by atoms with Gasteiger partial charge in [-0.3, -0.25) is 14.5 Å². The van der Waals surface area contributed by atoms with Crippen LogP contribution in [0.1, 0.15) is 18.4 Å². The normalized spacial score (nSPS) is 17.3. The molecule has 1 saturated heterocycles. The molecule has 1 aliphatic rings. The number of rotatable bonds is 8. The Morgan fingerprint density at radius 2 is 2.11 bits per heavy atom. The number of ether oxygens (including phenoxy) is 1. The third-order valence-electron chi connectivity index (χ3n) is 4.59. The molecule has 6 nitrogen and oxygen atoms in total. The predicted octanol–water partition coefficient (Wildman–Crippen LogP) is 2.36. The van der Waals surface area contributed by atoms with Crippen molar-refractivity contribution in [2.45, 2.75) is 25.9 Å². The highest BCUT2D eigenvalue weighted by Crippen LogP contribution is 2.33. The second-order valence-corrected chi connectivity index (χ2v) is 7.08. The smallest absolute Gasteiger partial charge is 0.401 e. The fourth-order valence-corrected chi connectivity index (χ4v) is 3.22. The highest BCUT2D eigenvalue weighted by molar-refractivity contribution is 6.01. The van der Waals surface area contributed by atoms with Gasteiger partial charge in [0.25, 0.3) is 0 Å². The summed E-state index contributed by atoms with van der Waals surface area (Å²) in [6, 6.07) is 5.50. The highest BCUT2D eigenvalue weighted by Gasteiger charge is 2.36. The minimum absolute atomic E-state index is 0.0942. The number of hydrogen-bond donors (Lipinski definition) is 1. The second-order valence-electron chi connectivity index (χ2n) is 7.08. The van der Waals surface area contributed by atoms with E-state index in [-0.39, 0.29) is 37.9 Å². The quantitative estimate of drug-likeness (QED) is 0.680. The molecule has 1 fully saturated rings. The SMILES string of the molecule is COc1ccc(C)cc1N1CC(C(=O)NCCCN(C)CC(F)(F)F)CC1=O. The van der Waals surface area contributed by atoms with Crippen molar-refractivity contribution in [2.75, 3.05) is 45.2 Å². The van der Waals surface area contributed by atoms with Crippen LogP contribution in [-0.2, 0) is 9.59 Å². The molecule has 0 radical (unpaired) electrons. The van der Waals surface area contributed by atoms with Crippen LogP contribution >= 0.6 is 0 Å². The van der Waals surface area contributed by atoms with E-state index in [2.05, 4.69) is 5.32 Å². The zero-order valence-electron chi connectivity index (χ0n) is 16.3. The number of benzene rings is 1. The number of nitrogens with zero attached hydrogens (tertiary/aromatic N) is 2. The van der Waals surface area contributed by atoms with Crippen molar-refractivity contribution in [1.82, 2.24) is 10.2 Å². The number of aryl methyl sites for hydroxylation is 1. The Morgan fingerprint density at radius 1 is 1.39 bits per heavy atom. The number of anilines is 1. The molecule has 1 atom stereocenters. The first-order chi connectivity index (χ1) is 13.1. The largest absolute Gasteiger partial charge is 0.495 e. The van der Waals surface area contributed by atoms with Gasteiger partial charge in [0.2, 0.25) is 11.8 Å². The molecule has 0 bridgehead atoms. The number of amides is 2. The maximum absolute atomic E-state index is 12.4. The van der Waals surface area contributed by atoms with Crippen LogP contribution in [0.2, 0.25) is 0 Å². The van der Waals surface area contributed by atoms with Crippen LogP contribution in [0.15, 0.2) is 18.2 Å². The lowest BCUT2D eigenvalue weighted by Crippen LogP contribution is -2.36. The third kappa shape index (κ3) is 6.12. The number of nitrogens with one attached hydrogen (secondary N) is 1. The van der Waals surface area contributed by atoms with Crippen LogP contribution in [0.25, 0.3) is 0 Å². The topological polar surface area (TPSA) is 61.9 Å². The summed E-state index contributed by atoms with van der Waals surface area (Å²) in [4.78, 5) is 27.5. The number of hydrogen-bond acceptors (Lipinski definition) is 4. The van der Waals surface area contributed by atoms with E-state index in [9.17, 15) is 22.8 Å². The van der Waals surface area contributed by atoms with E-state index in [1.54, 1.807) is 11.0 Å². The minimum atomic E-state index is -4.23. The molecule has 156 valence electrons. The molecule has 2 rings (SSSR count). The van der Waals surface area contributed by atoms with E-state index in [4.69, 9.17) is 4.74 Å². The van der Waals surface area contributed by atoms with Crippen molar-refractivity contribution in [3.8, 4) is 5.75 Å². The summed E-state index contributed by atoms with van der Waals surface area (Å²) < 4.78 is 42.2. The van der Waals surface area contributed by atoms with E-state index in [1.165, 1.54) is 14.2 Å². The molecule has 28 heavy (non-hydrogen) atoms. The van der Waals surface area contributed by atoms with Gasteiger partial charge in [0, 0.05) is 19.5 Å². The van der Waals surface area contributed by atoms with Crippen molar-refractivity contribution < 1.29 is 27.5 Å². The lowest BCUT2D eigenvalue weighted by atomic mass is 10.1. The van der Waals surface area contributed by atoms with E-state index in [1.807, 2.05) is 19.1 Å². The zero-order chi connectivity index (χ0) is 20.9. The number of carbonyl (C=O) groups is 2. The summed E-state index contributed by atoms with van der Waals surface area (Å²) in [5, 5.41) is 2.72. The molecule has 0 saturated carbocycles. The number of halogens is 3. The van der Waals surface area contributed by atoms with Crippen molar-refractivity contribution in [3.63, 3.8) is 0 Å². The van der Waals surface area contributed by atoms with Crippen LogP contribution in [0, 0.1) is 12.8 Å². The van der Waals surface area contributed by atoms with Gasteiger partial charge in [-0.15, -0.1) is 0 Å². The van der Waals surface area contributed by atoms with Crippen molar-refractivity contribution in [2.24, 2.45) is 5.92 Å². The van der Waals surface area contributed by atoms with Gasteiger partial charge in [0.05, 0.1) is 25.3 Å². The van der Waals surface area contributed by atoms with Crippen LogP contribution in [0.4, 0.5) is 18.9 Å². The third-order valence-corrected chi connectivity index (χ3v) is 4.59. The van der Waals surface area contributed by atoms with Crippen LogP contribution < -0.4 is 15.0 Å². The molecule has 0 aliphatic carbocycles. The maximum Gasteiger partial charge on any atom is 0.401 e. The number of methoxy groups -OCH3 is 1. The highest BCUT2D eigenvalue weighted by atomic mass is 19.4. The Morgan fingerprint density at radius 3 is 2.75 bits per heavy atom. The molecule has 1 aromatic rings. The molecule has 1 unspecified atom stereocenters. The first-order valence-electron chi connectivity index (χ1n) is 9.08. The molecule has 1 aromatic carbocycles. The zero-order valence-corrected chi connectivity index (χ0v) is 16.3. The number of alkyl halides is 3. The monoisotopic (exact) mass is 401 g/mol. The van der Waals surface area contributed by atoms with E-state index in [0.717, 1.165) is 10.5 Å². The molecule has 0 aromatic heterocycles. The van der Waals surface area contributed by atoms with Gasteiger partial charge < -0.3 is 15.0 Å². The van der Waals surface area contributed by atoms with Crippen molar-refractivity contribution in [1.29, 1.82) is 0 Å². The van der Waals surface area contributed by atoms with Crippen LogP contribution in [0.3, 0.4) is 0 Å². The summed E-state index contributed by atoms with van der Waals surface area (Å²) in [6.07, 6.45) is -3.74. The van der Waals surface area contributed by atoms with Gasteiger partial charge in [0.15, 0.2) is 0 Å². The average molecular weight is 401 g/mol. The van der Waals surface area contributed by atoms with E-state index >= 15 is 0 Å². The van der Waals surface area contributed by atoms with Crippen LogP contribution in [0.5, 0.6) is 5.75 Å². The maximum atomic E-state index is 12.4. The van der Waals surface area contributed by atoms with Gasteiger partial charge in [-0.25, -0.2) is 0 Å². The Labute approximate surface area is 162 Å². The number of carbonyl (C=O) groups excluding carboxylic acids is 2. The first kappa shape index (κ1) is 22.0. The summed E-state index contributed by atoms with van der Waals surface area (Å²) in [6.45, 7) is 1.66. The summed E-state index contributed by atoms with van der Waals surface area (Å²) in [7, 11) is 2.91. The Balaban J connectivity index is 1.85. The minimum Gasteiger partial charge on any atom is -0.495 e. The fourth-order valence-electron chi connectivity index (χ4n) is 3.22. The van der Waals surface area contributed by atoms with Gasteiger partial charge >= 0.3 is 6.18 Å². The Hall–Kier alpha value is -2.29. The fraction of sp³-hybridized carbons (Fsp3) is 0.579. The van der Waals surface area contributed by atoms with Gasteiger partial charge in [-0.05, 0) is 44.6 Å². The van der Waals surface area contributed by atoms with Gasteiger partial charge in [-0.2, -0.15) is 13.2 Å². The predicted molar refractivity (Wildman–Crippen MR) is 99.4 cm³/mol. The van der Waals surface area contributed by atoms with E-state index in [0.29, 0.717) is 17.9 Å². The molecule has 0 spiro atoms. The molecule has 1 aliphatic heterocycles. The second kappa shape index (κ2) is 9.27. The molecule has 1 heterocycles. The van der Waals surface area contributed by atoms with Crippen molar-refractivity contribution >= 4 is 17.5 Å². The summed E-state index contributed by atoms with van der Waals surface area (Å²) in [5.41, 5.74) is 1.61. The van der Waals surface area contributed by atoms with Crippen LogP contribution in [-0.4, -0.2) is 63.2 Å². The van der Waals surface area contributed by atoms with Crippen molar-refractivity contribution in [3.05, 3.63) is 23.8 Å². The summed E-state index contributed by atoms with van der Waals surface area (Å²) >= 11 is 0. The lowest BCUT2D eigenvalue weighted by Gasteiger charge is -2.20. The summed E-state index contributed by atoms with van der Waals surface area (Å²) in [5.74, 6) is -0.353. The van der Waals surface area contributed by atoms with Gasteiger partial charge in [0.1, 0.15) is 5.75 Å².